The van der Waals surface area contributed by atoms with E-state index in [0.717, 1.165) is 37.3 Å². The second-order valence-corrected chi connectivity index (χ2v) is 5.87. The minimum Gasteiger partial charge on any atom is -0.493 e. The molecule has 0 aliphatic rings. The summed E-state index contributed by atoms with van der Waals surface area (Å²) in [5.41, 5.74) is 3.72. The van der Waals surface area contributed by atoms with Crippen molar-refractivity contribution in [3.05, 3.63) is 41.2 Å². The van der Waals surface area contributed by atoms with E-state index < -0.39 is 0 Å². The molecule has 2 rings (SSSR count). The maximum Gasteiger partial charge on any atom is 0.160 e. The second-order valence-electron chi connectivity index (χ2n) is 5.87. The van der Waals surface area contributed by atoms with Gasteiger partial charge in [0.15, 0.2) is 11.5 Å². The van der Waals surface area contributed by atoms with Crippen molar-refractivity contribution in [2.75, 3.05) is 20.8 Å². The number of rotatable bonds is 9. The molecule has 0 saturated heterocycles. The summed E-state index contributed by atoms with van der Waals surface area (Å²) < 4.78 is 10.6. The van der Waals surface area contributed by atoms with Gasteiger partial charge >= 0.3 is 0 Å². The van der Waals surface area contributed by atoms with Crippen LogP contribution in [0.15, 0.2) is 24.4 Å². The van der Waals surface area contributed by atoms with Gasteiger partial charge < -0.3 is 14.8 Å². The normalized spacial score (nSPS) is 12.2. The molecule has 5 heteroatoms. The van der Waals surface area contributed by atoms with Crippen LogP contribution in [0.1, 0.15) is 30.2 Å². The van der Waals surface area contributed by atoms with Gasteiger partial charge in [-0.25, -0.2) is 0 Å². The number of benzene rings is 1. The van der Waals surface area contributed by atoms with Crippen LogP contribution >= 0.6 is 0 Å². The van der Waals surface area contributed by atoms with Gasteiger partial charge in [0.05, 0.1) is 20.4 Å². The lowest BCUT2D eigenvalue weighted by atomic mass is 10.1. The number of H-pyrrole nitrogens is 1. The van der Waals surface area contributed by atoms with E-state index in [9.17, 15) is 0 Å². The molecule has 1 aromatic heterocycles. The first-order chi connectivity index (χ1) is 11.1. The van der Waals surface area contributed by atoms with Crippen molar-refractivity contribution in [2.45, 2.75) is 39.2 Å². The molecule has 5 nitrogen and oxygen atoms in total. The molecule has 1 heterocycles. The SMILES string of the molecule is COc1ccc(CC(C)NCCCc2cn[nH]c2C)cc1OC. The standard InChI is InChI=1S/C18H27N3O2/c1-13(19-9-5-6-16-12-20-21-14(16)2)10-15-7-8-17(22-3)18(11-15)23-4/h7-8,11-13,19H,5-6,9-10H2,1-4H3,(H,20,21). The van der Waals surface area contributed by atoms with Gasteiger partial charge in [0.2, 0.25) is 0 Å². The lowest BCUT2D eigenvalue weighted by molar-refractivity contribution is 0.354. The highest BCUT2D eigenvalue weighted by molar-refractivity contribution is 5.43. The first kappa shape index (κ1) is 17.3. The van der Waals surface area contributed by atoms with Gasteiger partial charge in [0.1, 0.15) is 0 Å². The maximum atomic E-state index is 5.36. The first-order valence-electron chi connectivity index (χ1n) is 8.07. The van der Waals surface area contributed by atoms with Gasteiger partial charge in [0, 0.05) is 11.7 Å². The Morgan fingerprint density at radius 1 is 1.22 bits per heavy atom. The van der Waals surface area contributed by atoms with Crippen LogP contribution in [-0.4, -0.2) is 37.0 Å². The number of nitrogens with one attached hydrogen (secondary N) is 2. The Labute approximate surface area is 138 Å². The fourth-order valence-corrected chi connectivity index (χ4v) is 2.69. The fourth-order valence-electron chi connectivity index (χ4n) is 2.69. The number of aryl methyl sites for hydroxylation is 2. The fraction of sp³-hybridized carbons (Fsp3) is 0.500. The molecule has 0 aliphatic heterocycles. The number of methoxy groups -OCH3 is 2. The van der Waals surface area contributed by atoms with Crippen molar-refractivity contribution in [3.8, 4) is 11.5 Å². The zero-order valence-corrected chi connectivity index (χ0v) is 14.5. The summed E-state index contributed by atoms with van der Waals surface area (Å²) in [6, 6.07) is 6.52. The third-order valence-electron chi connectivity index (χ3n) is 4.04. The zero-order valence-electron chi connectivity index (χ0n) is 14.5. The van der Waals surface area contributed by atoms with Crippen LogP contribution in [0.4, 0.5) is 0 Å². The summed E-state index contributed by atoms with van der Waals surface area (Å²) in [6.07, 6.45) is 5.04. The highest BCUT2D eigenvalue weighted by Gasteiger charge is 2.08. The average Bonchev–Trinajstić information content (AvgIpc) is 2.96. The van der Waals surface area contributed by atoms with E-state index in [4.69, 9.17) is 9.47 Å². The molecule has 2 aromatic rings. The van der Waals surface area contributed by atoms with Crippen LogP contribution in [0, 0.1) is 6.92 Å². The Morgan fingerprint density at radius 3 is 2.65 bits per heavy atom. The molecule has 2 N–H and O–H groups in total. The Bertz CT molecular complexity index is 610. The number of nitrogens with zero attached hydrogens (tertiary/aromatic N) is 1. The van der Waals surface area contributed by atoms with Crippen LogP contribution in [0.2, 0.25) is 0 Å². The lowest BCUT2D eigenvalue weighted by Gasteiger charge is -2.15. The smallest absolute Gasteiger partial charge is 0.160 e. The van der Waals surface area contributed by atoms with E-state index in [1.165, 1.54) is 16.8 Å². The van der Waals surface area contributed by atoms with Crippen LogP contribution in [-0.2, 0) is 12.8 Å². The predicted molar refractivity (Wildman–Crippen MR) is 92.4 cm³/mol. The molecule has 1 atom stereocenters. The van der Waals surface area contributed by atoms with Crippen LogP contribution < -0.4 is 14.8 Å². The summed E-state index contributed by atoms with van der Waals surface area (Å²) in [5.74, 6) is 1.56. The summed E-state index contributed by atoms with van der Waals surface area (Å²) in [7, 11) is 3.32. The summed E-state index contributed by atoms with van der Waals surface area (Å²) in [4.78, 5) is 0. The molecule has 126 valence electrons. The minimum atomic E-state index is 0.415. The van der Waals surface area contributed by atoms with Crippen molar-refractivity contribution in [1.29, 1.82) is 0 Å². The Morgan fingerprint density at radius 2 is 2.00 bits per heavy atom. The molecule has 1 aromatic carbocycles. The van der Waals surface area contributed by atoms with Gasteiger partial charge in [0.25, 0.3) is 0 Å². The predicted octanol–water partition coefficient (Wildman–Crippen LogP) is 2.89. The van der Waals surface area contributed by atoms with Crippen molar-refractivity contribution in [2.24, 2.45) is 0 Å². The van der Waals surface area contributed by atoms with Gasteiger partial charge in [-0.05, 0) is 62.9 Å². The van der Waals surface area contributed by atoms with Crippen molar-refractivity contribution < 1.29 is 9.47 Å². The number of hydrogen-bond acceptors (Lipinski definition) is 4. The van der Waals surface area contributed by atoms with Gasteiger partial charge in [-0.15, -0.1) is 0 Å². The van der Waals surface area contributed by atoms with E-state index in [1.807, 2.05) is 18.3 Å². The molecule has 0 aliphatic carbocycles. The Kier molecular flexibility index (Phi) is 6.47. The summed E-state index contributed by atoms with van der Waals surface area (Å²) in [6.45, 7) is 5.27. The molecule has 0 spiro atoms. The van der Waals surface area contributed by atoms with Crippen LogP contribution in [0.5, 0.6) is 11.5 Å². The van der Waals surface area contributed by atoms with Crippen molar-refractivity contribution >= 4 is 0 Å². The molecule has 1 unspecified atom stereocenters. The van der Waals surface area contributed by atoms with Crippen LogP contribution in [0.3, 0.4) is 0 Å². The molecular weight excluding hydrogens is 290 g/mol. The van der Waals surface area contributed by atoms with E-state index in [-0.39, 0.29) is 0 Å². The monoisotopic (exact) mass is 317 g/mol. The lowest BCUT2D eigenvalue weighted by Crippen LogP contribution is -2.29. The van der Waals surface area contributed by atoms with Crippen molar-refractivity contribution in [1.82, 2.24) is 15.5 Å². The molecule has 0 saturated carbocycles. The zero-order chi connectivity index (χ0) is 16.7. The number of hydrogen-bond donors (Lipinski definition) is 2. The van der Waals surface area contributed by atoms with Gasteiger partial charge in [-0.1, -0.05) is 6.07 Å². The topological polar surface area (TPSA) is 59.2 Å². The van der Waals surface area contributed by atoms with Crippen LogP contribution in [0.25, 0.3) is 0 Å². The quantitative estimate of drug-likeness (QED) is 0.698. The largest absolute Gasteiger partial charge is 0.493 e. The van der Waals surface area contributed by atoms with E-state index in [0.29, 0.717) is 6.04 Å². The number of aromatic nitrogens is 2. The molecular formula is C18H27N3O2. The molecule has 0 bridgehead atoms. The third-order valence-corrected chi connectivity index (χ3v) is 4.04. The highest BCUT2D eigenvalue weighted by atomic mass is 16.5. The number of aromatic amines is 1. The van der Waals surface area contributed by atoms with E-state index >= 15 is 0 Å². The van der Waals surface area contributed by atoms with E-state index in [1.54, 1.807) is 14.2 Å². The molecule has 23 heavy (non-hydrogen) atoms. The maximum absolute atomic E-state index is 5.36. The summed E-state index contributed by atoms with van der Waals surface area (Å²) in [5, 5.41) is 10.6. The molecule has 0 radical (unpaired) electrons. The van der Waals surface area contributed by atoms with Gasteiger partial charge in [-0.3, -0.25) is 5.10 Å². The third kappa shape index (κ3) is 4.99. The Hall–Kier alpha value is -2.01. The number of ether oxygens (including phenoxy) is 2. The van der Waals surface area contributed by atoms with Crippen molar-refractivity contribution in [3.63, 3.8) is 0 Å². The molecule has 0 fully saturated rings. The summed E-state index contributed by atoms with van der Waals surface area (Å²) >= 11 is 0. The van der Waals surface area contributed by atoms with E-state index in [2.05, 4.69) is 35.4 Å². The average molecular weight is 317 g/mol. The highest BCUT2D eigenvalue weighted by Crippen LogP contribution is 2.27. The first-order valence-corrected chi connectivity index (χ1v) is 8.07. The second kappa shape index (κ2) is 8.58. The molecule has 0 amide bonds. The Balaban J connectivity index is 1.76. The minimum absolute atomic E-state index is 0.415. The van der Waals surface area contributed by atoms with Gasteiger partial charge in [-0.2, -0.15) is 5.10 Å².